The van der Waals surface area contributed by atoms with Gasteiger partial charge in [-0.25, -0.2) is 0 Å². The number of fused-ring (bicyclic) bond motifs is 1. The van der Waals surface area contributed by atoms with Crippen LogP contribution in [0.15, 0.2) is 59.6 Å². The Morgan fingerprint density at radius 2 is 1.81 bits per heavy atom. The van der Waals surface area contributed by atoms with E-state index in [4.69, 9.17) is 0 Å². The van der Waals surface area contributed by atoms with Crippen molar-refractivity contribution < 1.29 is 4.79 Å². The minimum Gasteiger partial charge on any atom is -0.356 e. The molecule has 1 atom stereocenters. The van der Waals surface area contributed by atoms with E-state index >= 15 is 0 Å². The summed E-state index contributed by atoms with van der Waals surface area (Å²) in [5.41, 5.74) is 3.92. The van der Waals surface area contributed by atoms with Crippen molar-refractivity contribution in [2.45, 2.75) is 38.9 Å². The van der Waals surface area contributed by atoms with Gasteiger partial charge in [-0.2, -0.15) is 0 Å². The lowest BCUT2D eigenvalue weighted by atomic mass is 10.00. The van der Waals surface area contributed by atoms with E-state index in [0.29, 0.717) is 18.5 Å². The lowest BCUT2D eigenvalue weighted by molar-refractivity contribution is -0.130. The fraction of sp³-hybridized carbons (Fsp3) is 0.440. The van der Waals surface area contributed by atoms with Crippen LogP contribution in [0.2, 0.25) is 0 Å². The summed E-state index contributed by atoms with van der Waals surface area (Å²) in [5.74, 6) is 0.775. The molecule has 2 aromatic carbocycles. The molecular weight excluding hydrogens is 386 g/mol. The second-order valence-corrected chi connectivity index (χ2v) is 8.22. The maximum Gasteiger partial charge on any atom is 0.242 e. The highest BCUT2D eigenvalue weighted by atomic mass is 16.2. The first-order valence-corrected chi connectivity index (χ1v) is 11.1. The third kappa shape index (κ3) is 6.82. The van der Waals surface area contributed by atoms with Gasteiger partial charge in [-0.3, -0.25) is 14.7 Å². The topological polar surface area (TPSA) is 60.0 Å². The van der Waals surface area contributed by atoms with E-state index in [9.17, 15) is 4.79 Å². The molecule has 2 aromatic rings. The maximum atomic E-state index is 12.6. The van der Waals surface area contributed by atoms with Crippen LogP contribution in [0.5, 0.6) is 0 Å². The maximum absolute atomic E-state index is 12.6. The number of rotatable bonds is 8. The second-order valence-electron chi connectivity index (χ2n) is 8.22. The summed E-state index contributed by atoms with van der Waals surface area (Å²) >= 11 is 0. The fourth-order valence-electron chi connectivity index (χ4n) is 3.85. The largest absolute Gasteiger partial charge is 0.356 e. The van der Waals surface area contributed by atoms with Crippen LogP contribution in [0.4, 0.5) is 0 Å². The average molecular weight is 422 g/mol. The summed E-state index contributed by atoms with van der Waals surface area (Å²) in [7, 11) is 3.89. The quantitative estimate of drug-likeness (QED) is 0.508. The second kappa shape index (κ2) is 11.5. The Labute approximate surface area is 186 Å². The monoisotopic (exact) mass is 421 g/mol. The molecule has 0 bridgehead atoms. The molecular formula is C25H35N5O. The molecule has 0 aromatic heterocycles. The number of nitrogens with one attached hydrogen (secondary N) is 2. The van der Waals surface area contributed by atoms with E-state index in [1.165, 1.54) is 16.7 Å². The van der Waals surface area contributed by atoms with Crippen LogP contribution < -0.4 is 10.6 Å². The van der Waals surface area contributed by atoms with Gasteiger partial charge in [0.25, 0.3) is 0 Å². The van der Waals surface area contributed by atoms with E-state index in [1.807, 2.05) is 17.0 Å². The Kier molecular flexibility index (Phi) is 8.47. The van der Waals surface area contributed by atoms with Crippen molar-refractivity contribution in [3.8, 4) is 0 Å². The molecule has 1 amide bonds. The van der Waals surface area contributed by atoms with Gasteiger partial charge in [-0.15, -0.1) is 0 Å². The summed E-state index contributed by atoms with van der Waals surface area (Å²) in [4.78, 5) is 21.2. The molecule has 0 spiro atoms. The molecule has 0 fully saturated rings. The molecule has 1 unspecified atom stereocenters. The van der Waals surface area contributed by atoms with Crippen molar-refractivity contribution in [1.29, 1.82) is 0 Å². The summed E-state index contributed by atoms with van der Waals surface area (Å²) in [5, 5.41) is 6.50. The highest BCUT2D eigenvalue weighted by molar-refractivity contribution is 5.86. The average Bonchev–Trinajstić information content (AvgIpc) is 2.81. The Balaban J connectivity index is 1.37. The zero-order chi connectivity index (χ0) is 22.1. The Hall–Kier alpha value is -2.86. The summed E-state index contributed by atoms with van der Waals surface area (Å²) in [6.07, 6.45) is 1.91. The summed E-state index contributed by atoms with van der Waals surface area (Å²) in [6.45, 7) is 5.68. The molecule has 0 saturated heterocycles. The molecule has 2 N–H and O–H groups in total. The van der Waals surface area contributed by atoms with E-state index < -0.39 is 0 Å². The predicted octanol–water partition coefficient (Wildman–Crippen LogP) is 2.65. The molecule has 31 heavy (non-hydrogen) atoms. The minimum absolute atomic E-state index is 0.105. The van der Waals surface area contributed by atoms with E-state index in [0.717, 1.165) is 32.5 Å². The summed E-state index contributed by atoms with van der Waals surface area (Å²) < 4.78 is 0. The molecule has 0 radical (unpaired) electrons. The van der Waals surface area contributed by atoms with E-state index in [2.05, 4.69) is 77.0 Å². The number of carbonyl (C=O) groups is 1. The molecule has 0 saturated carbocycles. The molecule has 166 valence electrons. The zero-order valence-corrected chi connectivity index (χ0v) is 19.0. The van der Waals surface area contributed by atoms with Gasteiger partial charge in [0.15, 0.2) is 5.96 Å². The Bertz CT molecular complexity index is 867. The van der Waals surface area contributed by atoms with Crippen molar-refractivity contribution >= 4 is 11.9 Å². The van der Waals surface area contributed by atoms with Gasteiger partial charge in [0.1, 0.15) is 0 Å². The zero-order valence-electron chi connectivity index (χ0n) is 19.0. The van der Waals surface area contributed by atoms with E-state index in [1.54, 1.807) is 7.05 Å². The number of hydrogen-bond acceptors (Lipinski definition) is 3. The van der Waals surface area contributed by atoms with Gasteiger partial charge >= 0.3 is 0 Å². The molecule has 0 aliphatic carbocycles. The Morgan fingerprint density at radius 3 is 2.55 bits per heavy atom. The first-order valence-electron chi connectivity index (χ1n) is 11.1. The SMILES string of the molecule is CN=C(NCCC(C)N(C)Cc1ccccc1)NCC(=O)N1CCc2ccccc2C1. The number of nitrogens with zero attached hydrogens (tertiary/aromatic N) is 3. The molecule has 1 aliphatic rings. The first kappa shape index (κ1) is 22.8. The van der Waals surface area contributed by atoms with Crippen molar-refractivity contribution in [3.63, 3.8) is 0 Å². The first-order chi connectivity index (χ1) is 15.1. The number of hydrogen-bond donors (Lipinski definition) is 2. The molecule has 6 heteroatoms. The van der Waals surface area contributed by atoms with Gasteiger partial charge in [0, 0.05) is 39.3 Å². The van der Waals surface area contributed by atoms with Crippen molar-refractivity contribution in [1.82, 2.24) is 20.4 Å². The lowest BCUT2D eigenvalue weighted by Crippen LogP contribution is -2.46. The van der Waals surface area contributed by atoms with Gasteiger partial charge in [0.05, 0.1) is 6.54 Å². The van der Waals surface area contributed by atoms with Gasteiger partial charge in [-0.1, -0.05) is 54.6 Å². The highest BCUT2D eigenvalue weighted by Crippen LogP contribution is 2.18. The third-order valence-corrected chi connectivity index (χ3v) is 6.00. The smallest absolute Gasteiger partial charge is 0.242 e. The number of amides is 1. The Morgan fingerprint density at radius 1 is 1.10 bits per heavy atom. The number of aliphatic imine (C=N–C) groups is 1. The van der Waals surface area contributed by atoms with Crippen LogP contribution in [-0.4, -0.2) is 61.4 Å². The van der Waals surface area contributed by atoms with Crippen LogP contribution in [-0.2, 0) is 24.3 Å². The lowest BCUT2D eigenvalue weighted by Gasteiger charge is -2.29. The number of carbonyl (C=O) groups excluding carboxylic acids is 1. The fourth-order valence-corrected chi connectivity index (χ4v) is 3.85. The molecule has 6 nitrogen and oxygen atoms in total. The number of guanidine groups is 1. The number of benzene rings is 2. The van der Waals surface area contributed by atoms with Crippen LogP contribution in [0.1, 0.15) is 30.0 Å². The van der Waals surface area contributed by atoms with Crippen molar-refractivity contribution in [2.24, 2.45) is 4.99 Å². The minimum atomic E-state index is 0.105. The third-order valence-electron chi connectivity index (χ3n) is 6.00. The van der Waals surface area contributed by atoms with Crippen LogP contribution in [0.3, 0.4) is 0 Å². The molecule has 1 heterocycles. The van der Waals surface area contributed by atoms with Gasteiger partial charge in [-0.05, 0) is 43.5 Å². The van der Waals surface area contributed by atoms with Crippen LogP contribution >= 0.6 is 0 Å². The van der Waals surface area contributed by atoms with Crippen molar-refractivity contribution in [3.05, 3.63) is 71.3 Å². The molecule has 3 rings (SSSR count). The summed E-state index contributed by atoms with van der Waals surface area (Å²) in [6, 6.07) is 19.3. The van der Waals surface area contributed by atoms with Gasteiger partial charge in [0.2, 0.25) is 5.91 Å². The van der Waals surface area contributed by atoms with E-state index in [-0.39, 0.29) is 12.5 Å². The van der Waals surface area contributed by atoms with Crippen LogP contribution in [0, 0.1) is 0 Å². The highest BCUT2D eigenvalue weighted by Gasteiger charge is 2.20. The normalized spacial score (nSPS) is 14.8. The predicted molar refractivity (Wildman–Crippen MR) is 127 cm³/mol. The van der Waals surface area contributed by atoms with Crippen molar-refractivity contribution in [2.75, 3.05) is 33.7 Å². The van der Waals surface area contributed by atoms with Gasteiger partial charge < -0.3 is 15.5 Å². The molecule has 1 aliphatic heterocycles. The van der Waals surface area contributed by atoms with Crippen LogP contribution in [0.25, 0.3) is 0 Å². The standard InChI is InChI=1S/C25H35N5O/c1-20(29(3)18-21-9-5-4-6-10-21)13-15-27-25(26-2)28-17-24(31)30-16-14-22-11-7-8-12-23(22)19-30/h4-12,20H,13-19H2,1-3H3,(H2,26,27,28).